The first kappa shape index (κ1) is 20.8. The van der Waals surface area contributed by atoms with Crippen molar-refractivity contribution in [3.63, 3.8) is 0 Å². The number of rotatable bonds is 5. The van der Waals surface area contributed by atoms with Crippen molar-refractivity contribution in [1.29, 1.82) is 0 Å². The number of aryl methyl sites for hydroxylation is 1. The van der Waals surface area contributed by atoms with Crippen LogP contribution in [-0.2, 0) is 17.6 Å². The normalized spacial score (nSPS) is 15.5. The Morgan fingerprint density at radius 1 is 1.21 bits per heavy atom. The summed E-state index contributed by atoms with van der Waals surface area (Å²) < 4.78 is 20.1. The number of nitrogens with zero attached hydrogens (tertiary/aromatic N) is 4. The molecule has 3 heterocycles. The summed E-state index contributed by atoms with van der Waals surface area (Å²) in [6.07, 6.45) is 9.18. The number of hydrogen-bond acceptors (Lipinski definition) is 5. The third-order valence-electron chi connectivity index (χ3n) is 5.71. The van der Waals surface area contributed by atoms with Crippen molar-refractivity contribution in [2.45, 2.75) is 25.3 Å². The molecule has 1 atom stereocenters. The van der Waals surface area contributed by atoms with Crippen LogP contribution in [0.1, 0.15) is 23.2 Å². The molecule has 1 amide bonds. The fourth-order valence-corrected chi connectivity index (χ4v) is 4.04. The Morgan fingerprint density at radius 3 is 2.88 bits per heavy atom. The highest BCUT2D eigenvalue weighted by Crippen LogP contribution is 2.25. The van der Waals surface area contributed by atoms with Crippen LogP contribution in [0.2, 0.25) is 0 Å². The number of ether oxygens (including phenoxy) is 1. The second kappa shape index (κ2) is 8.82. The molecule has 0 saturated heterocycles. The number of fused-ring (bicyclic) bond motifs is 2. The van der Waals surface area contributed by atoms with Crippen molar-refractivity contribution in [2.24, 2.45) is 0 Å². The first-order chi connectivity index (χ1) is 16.1. The lowest BCUT2D eigenvalue weighted by Crippen LogP contribution is -2.37. The van der Waals surface area contributed by atoms with E-state index in [-0.39, 0.29) is 17.8 Å². The van der Waals surface area contributed by atoms with Gasteiger partial charge in [-0.15, -0.1) is 0 Å². The molecule has 0 fully saturated rings. The summed E-state index contributed by atoms with van der Waals surface area (Å²) >= 11 is 0. The van der Waals surface area contributed by atoms with Gasteiger partial charge >= 0.3 is 0 Å². The van der Waals surface area contributed by atoms with E-state index in [0.717, 1.165) is 40.9 Å². The van der Waals surface area contributed by atoms with Gasteiger partial charge in [0.1, 0.15) is 11.3 Å². The van der Waals surface area contributed by atoms with Gasteiger partial charge < -0.3 is 10.1 Å². The molecule has 8 heteroatoms. The standard InChI is InChI=1S/C25H22FN5O2/c1-33-24-11-9-21-25(29-24)22(12-13-27-21)31-15-17-14-19(7-8-20(17)30-31)28-23(32)10-4-16-2-5-18(26)6-3-16/h2-6,9-13,15,19H,7-8,14H2,1H3,(H,28,32). The van der Waals surface area contributed by atoms with Gasteiger partial charge in [0.25, 0.3) is 0 Å². The molecule has 33 heavy (non-hydrogen) atoms. The molecule has 0 saturated carbocycles. The minimum atomic E-state index is -0.301. The third-order valence-corrected chi connectivity index (χ3v) is 5.71. The number of aromatic nitrogens is 4. The van der Waals surface area contributed by atoms with Crippen molar-refractivity contribution >= 4 is 23.0 Å². The predicted molar refractivity (Wildman–Crippen MR) is 123 cm³/mol. The molecule has 4 aromatic rings. The zero-order valence-corrected chi connectivity index (χ0v) is 18.0. The second-order valence-corrected chi connectivity index (χ2v) is 7.93. The fraction of sp³-hybridized carbons (Fsp3) is 0.200. The molecule has 0 aliphatic heterocycles. The van der Waals surface area contributed by atoms with E-state index >= 15 is 0 Å². The molecule has 1 aliphatic carbocycles. The van der Waals surface area contributed by atoms with Gasteiger partial charge in [0, 0.05) is 30.6 Å². The first-order valence-electron chi connectivity index (χ1n) is 10.7. The average molecular weight is 443 g/mol. The zero-order valence-electron chi connectivity index (χ0n) is 18.0. The Morgan fingerprint density at radius 2 is 2.06 bits per heavy atom. The van der Waals surface area contributed by atoms with Gasteiger partial charge in [-0.1, -0.05) is 12.1 Å². The SMILES string of the molecule is COc1ccc2nccc(-n3cc4c(n3)CCC(NC(=O)C=Cc3ccc(F)cc3)C4)c2n1. The van der Waals surface area contributed by atoms with Gasteiger partial charge in [0.2, 0.25) is 11.8 Å². The Bertz CT molecular complexity index is 1350. The second-order valence-electron chi connectivity index (χ2n) is 7.93. The lowest BCUT2D eigenvalue weighted by atomic mass is 9.93. The van der Waals surface area contributed by atoms with Crippen LogP contribution in [0.15, 0.2) is 60.9 Å². The topological polar surface area (TPSA) is 81.9 Å². The monoisotopic (exact) mass is 443 g/mol. The molecule has 0 bridgehead atoms. The lowest BCUT2D eigenvalue weighted by molar-refractivity contribution is -0.117. The number of hydrogen-bond donors (Lipinski definition) is 1. The minimum Gasteiger partial charge on any atom is -0.481 e. The number of halogens is 1. The molecule has 1 N–H and O–H groups in total. The van der Waals surface area contributed by atoms with E-state index in [1.807, 2.05) is 23.0 Å². The van der Waals surface area contributed by atoms with E-state index in [0.29, 0.717) is 17.8 Å². The van der Waals surface area contributed by atoms with Crippen LogP contribution in [0.3, 0.4) is 0 Å². The van der Waals surface area contributed by atoms with Crippen LogP contribution in [0.25, 0.3) is 22.8 Å². The number of carbonyl (C=O) groups excluding carboxylic acids is 1. The van der Waals surface area contributed by atoms with Gasteiger partial charge in [-0.2, -0.15) is 5.10 Å². The highest BCUT2D eigenvalue weighted by Gasteiger charge is 2.23. The van der Waals surface area contributed by atoms with Crippen molar-refractivity contribution in [2.75, 3.05) is 7.11 Å². The van der Waals surface area contributed by atoms with Crippen LogP contribution in [0, 0.1) is 5.82 Å². The summed E-state index contributed by atoms with van der Waals surface area (Å²) in [6, 6.07) is 11.6. The minimum absolute atomic E-state index is 0.0212. The van der Waals surface area contributed by atoms with Crippen molar-refractivity contribution < 1.29 is 13.9 Å². The maximum Gasteiger partial charge on any atom is 0.244 e. The summed E-state index contributed by atoms with van der Waals surface area (Å²) in [6.45, 7) is 0. The van der Waals surface area contributed by atoms with Crippen LogP contribution < -0.4 is 10.1 Å². The van der Waals surface area contributed by atoms with Crippen molar-refractivity contribution in [3.05, 3.63) is 83.6 Å². The summed E-state index contributed by atoms with van der Waals surface area (Å²) in [5.74, 6) is 0.0477. The smallest absolute Gasteiger partial charge is 0.244 e. The summed E-state index contributed by atoms with van der Waals surface area (Å²) in [5.41, 5.74) is 5.20. The van der Waals surface area contributed by atoms with Gasteiger partial charge in [0.05, 0.1) is 24.0 Å². The Kier molecular flexibility index (Phi) is 5.56. The highest BCUT2D eigenvalue weighted by molar-refractivity contribution is 5.92. The van der Waals surface area contributed by atoms with Gasteiger partial charge in [0.15, 0.2) is 0 Å². The number of carbonyl (C=O) groups is 1. The van der Waals surface area contributed by atoms with Gasteiger partial charge in [-0.25, -0.2) is 14.1 Å². The lowest BCUT2D eigenvalue weighted by Gasteiger charge is -2.21. The Balaban J connectivity index is 1.31. The Hall–Kier alpha value is -4.07. The molecule has 1 aromatic carbocycles. The summed E-state index contributed by atoms with van der Waals surface area (Å²) in [4.78, 5) is 21.3. The fourth-order valence-electron chi connectivity index (χ4n) is 4.04. The van der Waals surface area contributed by atoms with E-state index in [1.165, 1.54) is 18.2 Å². The number of amides is 1. The molecule has 3 aromatic heterocycles. The van der Waals surface area contributed by atoms with Gasteiger partial charge in [-0.05, 0) is 60.7 Å². The molecular formula is C25H22FN5O2. The molecule has 1 aliphatic rings. The van der Waals surface area contributed by atoms with Gasteiger partial charge in [-0.3, -0.25) is 9.78 Å². The van der Waals surface area contributed by atoms with Crippen LogP contribution in [-0.4, -0.2) is 38.8 Å². The summed E-state index contributed by atoms with van der Waals surface area (Å²) in [7, 11) is 1.58. The predicted octanol–water partition coefficient (Wildman–Crippen LogP) is 3.65. The molecular weight excluding hydrogens is 421 g/mol. The van der Waals surface area contributed by atoms with Crippen LogP contribution >= 0.6 is 0 Å². The number of methoxy groups -OCH3 is 1. The first-order valence-corrected chi connectivity index (χ1v) is 10.7. The number of pyridine rings is 2. The van der Waals surface area contributed by atoms with Crippen LogP contribution in [0.4, 0.5) is 4.39 Å². The highest BCUT2D eigenvalue weighted by atomic mass is 19.1. The third kappa shape index (κ3) is 4.45. The number of nitrogens with one attached hydrogen (secondary N) is 1. The molecule has 0 spiro atoms. The largest absolute Gasteiger partial charge is 0.481 e. The van der Waals surface area contributed by atoms with Crippen LogP contribution in [0.5, 0.6) is 5.88 Å². The van der Waals surface area contributed by atoms with Crippen molar-refractivity contribution in [3.8, 4) is 11.6 Å². The molecule has 7 nitrogen and oxygen atoms in total. The molecule has 166 valence electrons. The summed E-state index contributed by atoms with van der Waals surface area (Å²) in [5, 5.41) is 7.83. The maximum atomic E-state index is 13.0. The van der Waals surface area contributed by atoms with E-state index < -0.39 is 0 Å². The van der Waals surface area contributed by atoms with E-state index in [1.54, 1.807) is 37.6 Å². The number of benzene rings is 1. The quantitative estimate of drug-likeness (QED) is 0.476. The maximum absolute atomic E-state index is 13.0. The van der Waals surface area contributed by atoms with E-state index in [4.69, 9.17) is 9.84 Å². The molecule has 0 radical (unpaired) electrons. The van der Waals surface area contributed by atoms with E-state index in [2.05, 4.69) is 15.3 Å². The molecule has 1 unspecified atom stereocenters. The van der Waals surface area contributed by atoms with Crippen molar-refractivity contribution in [1.82, 2.24) is 25.1 Å². The average Bonchev–Trinajstić information content (AvgIpc) is 3.26. The van der Waals surface area contributed by atoms with E-state index in [9.17, 15) is 9.18 Å². The molecule has 5 rings (SSSR count). The zero-order chi connectivity index (χ0) is 22.8. The Labute approximate surface area is 189 Å².